The van der Waals surface area contributed by atoms with Crippen molar-refractivity contribution < 1.29 is 4.79 Å². The monoisotopic (exact) mass is 200 g/mol. The lowest BCUT2D eigenvalue weighted by Gasteiger charge is -2.25. The maximum Gasteiger partial charge on any atom is 0.134 e. The summed E-state index contributed by atoms with van der Waals surface area (Å²) in [5, 5.41) is 1.30. The summed E-state index contributed by atoms with van der Waals surface area (Å²) in [6.07, 6.45) is 4.00. The minimum atomic E-state index is 0.472. The molecule has 0 aromatic heterocycles. The lowest BCUT2D eigenvalue weighted by molar-refractivity contribution is -0.120. The highest BCUT2D eigenvalue weighted by molar-refractivity contribution is 8.00. The molecule has 2 heteroatoms. The maximum absolute atomic E-state index is 11.2. The van der Waals surface area contributed by atoms with Crippen molar-refractivity contribution in [2.75, 3.05) is 0 Å². The van der Waals surface area contributed by atoms with Gasteiger partial charge in [-0.2, -0.15) is 11.8 Å². The molecule has 0 N–H and O–H groups in total. The van der Waals surface area contributed by atoms with E-state index in [2.05, 4.69) is 20.8 Å². The van der Waals surface area contributed by atoms with Crippen LogP contribution in [-0.4, -0.2) is 16.3 Å². The van der Waals surface area contributed by atoms with Gasteiger partial charge in [-0.1, -0.05) is 20.8 Å². The summed E-state index contributed by atoms with van der Waals surface area (Å²) in [5.41, 5.74) is 0. The molecule has 0 heterocycles. The van der Waals surface area contributed by atoms with Gasteiger partial charge in [-0.3, -0.25) is 4.79 Å². The highest BCUT2D eigenvalue weighted by atomic mass is 32.2. The van der Waals surface area contributed by atoms with Gasteiger partial charge in [0.25, 0.3) is 0 Å². The molecule has 0 aromatic carbocycles. The smallest absolute Gasteiger partial charge is 0.134 e. The zero-order valence-electron chi connectivity index (χ0n) is 8.88. The average Bonchev–Trinajstić information content (AvgIpc) is 2.04. The molecule has 1 nitrogen and oxygen atoms in total. The van der Waals surface area contributed by atoms with Crippen LogP contribution in [0.3, 0.4) is 0 Å². The summed E-state index contributed by atoms with van der Waals surface area (Å²) in [6.45, 7) is 6.78. The molecule has 1 fully saturated rings. The van der Waals surface area contributed by atoms with Crippen LogP contribution in [0, 0.1) is 5.92 Å². The second kappa shape index (κ2) is 5.04. The number of Topliss-reactive ketones (excluding diaryl/α,β-unsaturated/α-hetero) is 1. The molecule has 0 radical (unpaired) electrons. The van der Waals surface area contributed by atoms with Crippen LogP contribution in [0.1, 0.15) is 46.5 Å². The first-order valence-electron chi connectivity index (χ1n) is 5.26. The first-order valence-corrected chi connectivity index (χ1v) is 6.21. The highest BCUT2D eigenvalue weighted by Gasteiger charge is 2.22. The minimum Gasteiger partial charge on any atom is -0.300 e. The zero-order valence-corrected chi connectivity index (χ0v) is 9.69. The molecule has 76 valence electrons. The number of carbonyl (C=O) groups is 1. The Bertz CT molecular complexity index is 177. The summed E-state index contributed by atoms with van der Waals surface area (Å²) in [5.74, 6) is 1.20. The quantitative estimate of drug-likeness (QED) is 0.695. The number of ketones is 1. The third-order valence-electron chi connectivity index (χ3n) is 2.78. The van der Waals surface area contributed by atoms with Crippen LogP contribution in [-0.2, 0) is 4.79 Å². The van der Waals surface area contributed by atoms with Gasteiger partial charge in [0.05, 0.1) is 0 Å². The lowest BCUT2D eigenvalue weighted by Crippen LogP contribution is -2.20. The minimum absolute atomic E-state index is 0.472. The molecule has 0 amide bonds. The van der Waals surface area contributed by atoms with Crippen molar-refractivity contribution >= 4 is 17.5 Å². The largest absolute Gasteiger partial charge is 0.300 e. The van der Waals surface area contributed by atoms with Crippen molar-refractivity contribution in [1.29, 1.82) is 0 Å². The molecular formula is C11H20OS. The topological polar surface area (TPSA) is 17.1 Å². The number of rotatable bonds is 3. The van der Waals surface area contributed by atoms with E-state index in [1.807, 2.05) is 11.8 Å². The predicted octanol–water partition coefficient (Wildman–Crippen LogP) is 3.28. The van der Waals surface area contributed by atoms with E-state index in [1.54, 1.807) is 0 Å². The molecule has 0 aromatic rings. The van der Waals surface area contributed by atoms with Crippen LogP contribution in [0.4, 0.5) is 0 Å². The fourth-order valence-electron chi connectivity index (χ4n) is 1.56. The standard InChI is InChI=1S/C11H20OS/c1-8(2)9(3)13-11-6-4-5-10(12)7-11/h8-9,11H,4-7H2,1-3H3. The second-order valence-electron chi connectivity index (χ2n) is 4.34. The van der Waals surface area contributed by atoms with Crippen LogP contribution in [0.5, 0.6) is 0 Å². The molecule has 2 atom stereocenters. The number of carbonyl (C=O) groups excluding carboxylic acids is 1. The fourth-order valence-corrected chi connectivity index (χ4v) is 3.07. The molecule has 2 unspecified atom stereocenters. The van der Waals surface area contributed by atoms with Crippen molar-refractivity contribution in [3.63, 3.8) is 0 Å². The normalized spacial score (nSPS) is 26.5. The van der Waals surface area contributed by atoms with Crippen LogP contribution >= 0.6 is 11.8 Å². The summed E-state index contributed by atoms with van der Waals surface area (Å²) in [6, 6.07) is 0. The third-order valence-corrected chi connectivity index (χ3v) is 4.54. The Morgan fingerprint density at radius 1 is 1.38 bits per heavy atom. The molecule has 13 heavy (non-hydrogen) atoms. The summed E-state index contributed by atoms with van der Waals surface area (Å²) in [7, 11) is 0. The molecule has 1 aliphatic carbocycles. The van der Waals surface area contributed by atoms with Crippen LogP contribution in [0.25, 0.3) is 0 Å². The Labute approximate surface area is 85.7 Å². The van der Waals surface area contributed by atoms with Gasteiger partial charge in [0, 0.05) is 23.3 Å². The first-order chi connectivity index (χ1) is 6.09. The van der Waals surface area contributed by atoms with E-state index in [0.717, 1.165) is 25.2 Å². The molecular weight excluding hydrogens is 180 g/mol. The SMILES string of the molecule is CC(C)C(C)SC1CCCC(=O)C1. The molecule has 1 saturated carbocycles. The van der Waals surface area contributed by atoms with Gasteiger partial charge in [-0.25, -0.2) is 0 Å². The van der Waals surface area contributed by atoms with Crippen molar-refractivity contribution in [3.05, 3.63) is 0 Å². The van der Waals surface area contributed by atoms with Gasteiger partial charge >= 0.3 is 0 Å². The predicted molar refractivity (Wildman–Crippen MR) is 59.2 cm³/mol. The maximum atomic E-state index is 11.2. The van der Waals surface area contributed by atoms with Crippen molar-refractivity contribution in [2.45, 2.75) is 57.0 Å². The van der Waals surface area contributed by atoms with Gasteiger partial charge in [-0.05, 0) is 18.8 Å². The number of hydrogen-bond acceptors (Lipinski definition) is 2. The second-order valence-corrected chi connectivity index (χ2v) is 6.02. The van der Waals surface area contributed by atoms with E-state index in [9.17, 15) is 4.79 Å². The van der Waals surface area contributed by atoms with E-state index in [4.69, 9.17) is 0 Å². The van der Waals surface area contributed by atoms with E-state index < -0.39 is 0 Å². The fraction of sp³-hybridized carbons (Fsp3) is 0.909. The van der Waals surface area contributed by atoms with E-state index >= 15 is 0 Å². The van der Waals surface area contributed by atoms with Crippen LogP contribution in [0.2, 0.25) is 0 Å². The Kier molecular flexibility index (Phi) is 4.30. The van der Waals surface area contributed by atoms with E-state index in [1.165, 1.54) is 6.42 Å². The number of thioether (sulfide) groups is 1. The molecule has 0 saturated heterocycles. The van der Waals surface area contributed by atoms with Crippen molar-refractivity contribution in [2.24, 2.45) is 5.92 Å². The van der Waals surface area contributed by atoms with Crippen LogP contribution < -0.4 is 0 Å². The molecule has 0 bridgehead atoms. The number of hydrogen-bond donors (Lipinski definition) is 0. The van der Waals surface area contributed by atoms with Crippen molar-refractivity contribution in [3.8, 4) is 0 Å². The van der Waals surface area contributed by atoms with Crippen molar-refractivity contribution in [1.82, 2.24) is 0 Å². The van der Waals surface area contributed by atoms with Gasteiger partial charge in [0.15, 0.2) is 0 Å². The Morgan fingerprint density at radius 2 is 2.08 bits per heavy atom. The highest BCUT2D eigenvalue weighted by Crippen LogP contribution is 2.32. The Balaban J connectivity index is 2.31. The van der Waals surface area contributed by atoms with Gasteiger partial charge in [0.2, 0.25) is 0 Å². The van der Waals surface area contributed by atoms with Gasteiger partial charge in [-0.15, -0.1) is 0 Å². The van der Waals surface area contributed by atoms with E-state index in [0.29, 0.717) is 16.3 Å². The zero-order chi connectivity index (χ0) is 9.84. The molecule has 0 spiro atoms. The molecule has 0 aliphatic heterocycles. The lowest BCUT2D eigenvalue weighted by atomic mass is 9.99. The van der Waals surface area contributed by atoms with E-state index in [-0.39, 0.29) is 0 Å². The van der Waals surface area contributed by atoms with Gasteiger partial charge < -0.3 is 0 Å². The first kappa shape index (κ1) is 11.1. The molecule has 1 rings (SSSR count). The van der Waals surface area contributed by atoms with Gasteiger partial charge in [0.1, 0.15) is 5.78 Å². The Hall–Kier alpha value is 0.0200. The molecule has 1 aliphatic rings. The average molecular weight is 200 g/mol. The summed E-state index contributed by atoms with van der Waals surface area (Å²) in [4.78, 5) is 11.2. The van der Waals surface area contributed by atoms with Crippen LogP contribution in [0.15, 0.2) is 0 Å². The third kappa shape index (κ3) is 3.72. The summed E-state index contributed by atoms with van der Waals surface area (Å²) < 4.78 is 0. The Morgan fingerprint density at radius 3 is 2.62 bits per heavy atom. The summed E-state index contributed by atoms with van der Waals surface area (Å²) >= 11 is 2.01.